The number of rotatable bonds is 2. The molecular weight excluding hydrogens is 328 g/mol. The molecule has 0 unspecified atom stereocenters. The maximum absolute atomic E-state index is 12.8. The Morgan fingerprint density at radius 3 is 3.00 bits per heavy atom. The number of carbonyl (C=O) groups is 1. The molecule has 0 saturated carbocycles. The minimum Gasteiger partial charge on any atom is -0.454 e. The second-order valence-electron chi connectivity index (χ2n) is 6.06. The van der Waals surface area contributed by atoms with Crippen LogP contribution in [0.1, 0.15) is 24.3 Å². The zero-order valence-electron chi connectivity index (χ0n) is 13.5. The molecule has 0 N–H and O–H groups in total. The Bertz CT molecular complexity index is 776. The number of hydrogen-bond acceptors (Lipinski definition) is 6. The standard InChI is InChI=1S/C17H18N2O4S/c1-10-7-21-11(2)6-19(10)17(20)13-8-24-16(18-13)12-3-4-14-15(5-12)23-9-22-14/h3-5,8,10-11H,6-7,9H2,1-2H3/t10-,11-/m1/s1. The molecule has 0 bridgehead atoms. The first kappa shape index (κ1) is 15.4. The van der Waals surface area contributed by atoms with E-state index in [-0.39, 0.29) is 24.8 Å². The van der Waals surface area contributed by atoms with Crippen molar-refractivity contribution < 1.29 is 19.0 Å². The molecular formula is C17H18N2O4S. The van der Waals surface area contributed by atoms with Crippen molar-refractivity contribution in [1.29, 1.82) is 0 Å². The lowest BCUT2D eigenvalue weighted by Gasteiger charge is -2.36. The average Bonchev–Trinajstić information content (AvgIpc) is 3.24. The van der Waals surface area contributed by atoms with Gasteiger partial charge in [-0.25, -0.2) is 4.98 Å². The first-order valence-electron chi connectivity index (χ1n) is 7.90. The van der Waals surface area contributed by atoms with Crippen LogP contribution in [0, 0.1) is 0 Å². The van der Waals surface area contributed by atoms with E-state index < -0.39 is 0 Å². The number of thiazole rings is 1. The fraction of sp³-hybridized carbons (Fsp3) is 0.412. The van der Waals surface area contributed by atoms with Gasteiger partial charge in [0.25, 0.3) is 5.91 Å². The van der Waals surface area contributed by atoms with Crippen LogP contribution >= 0.6 is 11.3 Å². The molecule has 4 rings (SSSR count). The molecule has 3 heterocycles. The van der Waals surface area contributed by atoms with Gasteiger partial charge in [0.2, 0.25) is 6.79 Å². The number of benzene rings is 1. The predicted molar refractivity (Wildman–Crippen MR) is 89.6 cm³/mol. The molecule has 2 aliphatic rings. The van der Waals surface area contributed by atoms with Gasteiger partial charge in [0.1, 0.15) is 10.7 Å². The Morgan fingerprint density at radius 1 is 1.29 bits per heavy atom. The Labute approximate surface area is 144 Å². The van der Waals surface area contributed by atoms with E-state index in [2.05, 4.69) is 4.98 Å². The third-order valence-corrected chi connectivity index (χ3v) is 5.10. The highest BCUT2D eigenvalue weighted by atomic mass is 32.1. The van der Waals surface area contributed by atoms with Crippen molar-refractivity contribution in [3.63, 3.8) is 0 Å². The lowest BCUT2D eigenvalue weighted by atomic mass is 10.2. The normalized spacial score (nSPS) is 22.7. The summed E-state index contributed by atoms with van der Waals surface area (Å²) in [6.07, 6.45) is 0.0529. The van der Waals surface area contributed by atoms with Crippen molar-refractivity contribution in [2.75, 3.05) is 19.9 Å². The molecule has 1 fully saturated rings. The van der Waals surface area contributed by atoms with Gasteiger partial charge in [-0.05, 0) is 32.0 Å². The van der Waals surface area contributed by atoms with Crippen LogP contribution in [0.4, 0.5) is 0 Å². The molecule has 1 aromatic heterocycles. The molecule has 1 aromatic carbocycles. The van der Waals surface area contributed by atoms with Crippen LogP contribution in [0.2, 0.25) is 0 Å². The van der Waals surface area contributed by atoms with Crippen LogP contribution < -0.4 is 9.47 Å². The third-order valence-electron chi connectivity index (χ3n) is 4.21. The number of hydrogen-bond donors (Lipinski definition) is 0. The Kier molecular flexibility index (Phi) is 3.90. The zero-order chi connectivity index (χ0) is 16.7. The topological polar surface area (TPSA) is 60.9 Å². The summed E-state index contributed by atoms with van der Waals surface area (Å²) < 4.78 is 16.3. The van der Waals surface area contributed by atoms with Crippen molar-refractivity contribution in [3.8, 4) is 22.1 Å². The third kappa shape index (κ3) is 2.74. The molecule has 2 atom stereocenters. The molecule has 7 heteroatoms. The van der Waals surface area contributed by atoms with Gasteiger partial charge in [0.15, 0.2) is 11.5 Å². The fourth-order valence-corrected chi connectivity index (χ4v) is 3.66. The summed E-state index contributed by atoms with van der Waals surface area (Å²) in [6.45, 7) is 5.37. The monoisotopic (exact) mass is 346 g/mol. The summed E-state index contributed by atoms with van der Waals surface area (Å²) in [7, 11) is 0. The Morgan fingerprint density at radius 2 is 2.12 bits per heavy atom. The molecule has 24 heavy (non-hydrogen) atoms. The second-order valence-corrected chi connectivity index (χ2v) is 6.91. The predicted octanol–water partition coefficient (Wildman–Crippen LogP) is 2.79. The molecule has 6 nitrogen and oxygen atoms in total. The van der Waals surface area contributed by atoms with E-state index in [0.717, 1.165) is 16.3 Å². The number of ether oxygens (including phenoxy) is 3. The Balaban J connectivity index is 1.57. The summed E-state index contributed by atoms with van der Waals surface area (Å²) in [5.41, 5.74) is 1.40. The largest absolute Gasteiger partial charge is 0.454 e. The molecule has 1 amide bonds. The Hall–Kier alpha value is -2.12. The summed E-state index contributed by atoms with van der Waals surface area (Å²) in [6, 6.07) is 5.76. The van der Waals surface area contributed by atoms with Crippen molar-refractivity contribution in [1.82, 2.24) is 9.88 Å². The number of aromatic nitrogens is 1. The number of amides is 1. The molecule has 0 aliphatic carbocycles. The summed E-state index contributed by atoms with van der Waals surface area (Å²) in [5.74, 6) is 1.41. The number of fused-ring (bicyclic) bond motifs is 1. The van der Waals surface area contributed by atoms with E-state index >= 15 is 0 Å². The van der Waals surface area contributed by atoms with Gasteiger partial charge in [-0.15, -0.1) is 11.3 Å². The van der Waals surface area contributed by atoms with Crippen molar-refractivity contribution >= 4 is 17.2 Å². The van der Waals surface area contributed by atoms with Crippen molar-refractivity contribution in [3.05, 3.63) is 29.3 Å². The smallest absolute Gasteiger partial charge is 0.273 e. The van der Waals surface area contributed by atoms with Gasteiger partial charge in [-0.1, -0.05) is 0 Å². The van der Waals surface area contributed by atoms with E-state index in [0.29, 0.717) is 24.6 Å². The lowest BCUT2D eigenvalue weighted by molar-refractivity contribution is -0.0388. The highest BCUT2D eigenvalue weighted by molar-refractivity contribution is 7.13. The minimum atomic E-state index is -0.0408. The highest BCUT2D eigenvalue weighted by Gasteiger charge is 2.29. The summed E-state index contributed by atoms with van der Waals surface area (Å²) in [5, 5.41) is 2.61. The van der Waals surface area contributed by atoms with Gasteiger partial charge < -0.3 is 19.1 Å². The molecule has 126 valence electrons. The van der Waals surface area contributed by atoms with E-state index in [9.17, 15) is 4.79 Å². The average molecular weight is 346 g/mol. The maximum atomic E-state index is 12.8. The number of nitrogens with zero attached hydrogens (tertiary/aromatic N) is 2. The first-order chi connectivity index (χ1) is 11.6. The molecule has 0 radical (unpaired) electrons. The van der Waals surface area contributed by atoms with Gasteiger partial charge in [-0.2, -0.15) is 0 Å². The first-order valence-corrected chi connectivity index (χ1v) is 8.78. The van der Waals surface area contributed by atoms with Crippen LogP contribution in [-0.4, -0.2) is 47.9 Å². The van der Waals surface area contributed by atoms with E-state index in [1.807, 2.05) is 42.3 Å². The minimum absolute atomic E-state index is 0.0408. The molecule has 0 spiro atoms. The van der Waals surface area contributed by atoms with Gasteiger partial charge in [-0.3, -0.25) is 4.79 Å². The number of morpholine rings is 1. The van der Waals surface area contributed by atoms with Crippen LogP contribution in [0.25, 0.3) is 10.6 Å². The molecule has 2 aliphatic heterocycles. The maximum Gasteiger partial charge on any atom is 0.273 e. The van der Waals surface area contributed by atoms with Crippen LogP contribution in [0.5, 0.6) is 11.5 Å². The summed E-state index contributed by atoms with van der Waals surface area (Å²) in [4.78, 5) is 19.1. The van der Waals surface area contributed by atoms with E-state index in [1.54, 1.807) is 0 Å². The summed E-state index contributed by atoms with van der Waals surface area (Å²) >= 11 is 1.46. The zero-order valence-corrected chi connectivity index (χ0v) is 14.3. The van der Waals surface area contributed by atoms with Crippen LogP contribution in [0.15, 0.2) is 23.6 Å². The van der Waals surface area contributed by atoms with Gasteiger partial charge in [0, 0.05) is 17.5 Å². The van der Waals surface area contributed by atoms with Crippen molar-refractivity contribution in [2.45, 2.75) is 26.0 Å². The van der Waals surface area contributed by atoms with Crippen LogP contribution in [-0.2, 0) is 4.74 Å². The lowest BCUT2D eigenvalue weighted by Crippen LogP contribution is -2.50. The second kappa shape index (κ2) is 6.07. The SMILES string of the molecule is C[C@@H]1CN(C(=O)c2csc(-c3ccc4c(c3)OCO4)n2)[C@H](C)CO1. The highest BCUT2D eigenvalue weighted by Crippen LogP contribution is 2.36. The van der Waals surface area contributed by atoms with E-state index in [1.165, 1.54) is 11.3 Å². The number of carbonyl (C=O) groups excluding carboxylic acids is 1. The van der Waals surface area contributed by atoms with Gasteiger partial charge >= 0.3 is 0 Å². The van der Waals surface area contributed by atoms with Crippen LogP contribution in [0.3, 0.4) is 0 Å². The van der Waals surface area contributed by atoms with Crippen molar-refractivity contribution in [2.24, 2.45) is 0 Å². The quantitative estimate of drug-likeness (QED) is 0.837. The van der Waals surface area contributed by atoms with Gasteiger partial charge in [0.05, 0.1) is 18.8 Å². The molecule has 2 aromatic rings. The molecule has 1 saturated heterocycles. The van der Waals surface area contributed by atoms with E-state index in [4.69, 9.17) is 14.2 Å². The fourth-order valence-electron chi connectivity index (χ4n) is 2.87.